The zero-order chi connectivity index (χ0) is 25.8. The highest BCUT2D eigenvalue weighted by Gasteiger charge is 2.36. The van der Waals surface area contributed by atoms with Crippen molar-refractivity contribution in [2.24, 2.45) is 5.92 Å². The van der Waals surface area contributed by atoms with E-state index in [1.807, 2.05) is 0 Å². The maximum atomic E-state index is 2.39. The van der Waals surface area contributed by atoms with Gasteiger partial charge in [0.25, 0.3) is 0 Å². The van der Waals surface area contributed by atoms with E-state index in [0.29, 0.717) is 0 Å². The summed E-state index contributed by atoms with van der Waals surface area (Å²) >= 11 is 0. The van der Waals surface area contributed by atoms with Gasteiger partial charge in [0, 0.05) is 0 Å². The largest absolute Gasteiger partial charge is 0.0622 e. The second kappa shape index (κ2) is 12.1. The number of benzene rings is 4. The molecule has 4 aromatic rings. The smallest absolute Gasteiger partial charge is 0.00969 e. The van der Waals surface area contributed by atoms with Crippen LogP contribution in [0.15, 0.2) is 97.1 Å². The summed E-state index contributed by atoms with van der Waals surface area (Å²) in [5, 5.41) is 6.35. The first-order valence-electron chi connectivity index (χ1n) is 13.8. The number of rotatable bonds is 7. The minimum Gasteiger partial charge on any atom is -0.0622 e. The van der Waals surface area contributed by atoms with Crippen LogP contribution in [0.25, 0.3) is 0 Å². The molecule has 37 heavy (non-hydrogen) atoms. The van der Waals surface area contributed by atoms with Gasteiger partial charge in [-0.3, -0.25) is 0 Å². The van der Waals surface area contributed by atoms with Crippen LogP contribution >= 0.6 is 15.8 Å². The Morgan fingerprint density at radius 1 is 0.541 bits per heavy atom. The molecule has 0 saturated heterocycles. The monoisotopic (exact) mass is 522 g/mol. The highest BCUT2D eigenvalue weighted by molar-refractivity contribution is 7.74. The van der Waals surface area contributed by atoms with Gasteiger partial charge in [0.2, 0.25) is 0 Å². The van der Waals surface area contributed by atoms with Gasteiger partial charge in [-0.05, 0) is 118 Å². The van der Waals surface area contributed by atoms with Crippen molar-refractivity contribution in [3.05, 3.63) is 119 Å². The molecule has 1 aliphatic carbocycles. The lowest BCUT2D eigenvalue weighted by atomic mass is 9.90. The Labute approximate surface area is 227 Å². The molecule has 0 spiro atoms. The second-order valence-corrected chi connectivity index (χ2v) is 15.3. The van der Waals surface area contributed by atoms with E-state index in [2.05, 4.69) is 125 Å². The van der Waals surface area contributed by atoms with E-state index in [1.54, 1.807) is 21.2 Å². The molecule has 0 N–H and O–H groups in total. The molecule has 2 heteroatoms. The van der Waals surface area contributed by atoms with Gasteiger partial charge in [0.05, 0.1) is 0 Å². The van der Waals surface area contributed by atoms with Crippen molar-refractivity contribution < 1.29 is 0 Å². The van der Waals surface area contributed by atoms with Crippen LogP contribution in [-0.4, -0.2) is 11.8 Å². The third-order valence-corrected chi connectivity index (χ3v) is 14.5. The molecular formula is C35H40P2. The Bertz CT molecular complexity index is 1180. The van der Waals surface area contributed by atoms with Crippen LogP contribution in [-0.2, 0) is 0 Å². The van der Waals surface area contributed by atoms with Crippen LogP contribution in [0.4, 0.5) is 0 Å². The van der Waals surface area contributed by atoms with E-state index >= 15 is 0 Å². The first-order valence-corrected chi connectivity index (χ1v) is 16.8. The molecule has 4 aromatic carbocycles. The van der Waals surface area contributed by atoms with Crippen molar-refractivity contribution in [1.82, 2.24) is 0 Å². The number of hydrogen-bond acceptors (Lipinski definition) is 0. The molecule has 1 saturated carbocycles. The van der Waals surface area contributed by atoms with Crippen LogP contribution in [0.1, 0.15) is 47.9 Å². The molecule has 5 rings (SSSR count). The van der Waals surface area contributed by atoms with Crippen molar-refractivity contribution >= 4 is 37.1 Å². The Hall–Kier alpha value is -2.26. The van der Waals surface area contributed by atoms with Crippen molar-refractivity contribution in [2.45, 2.75) is 59.0 Å². The molecule has 2 unspecified atom stereocenters. The Morgan fingerprint density at radius 2 is 0.973 bits per heavy atom. The van der Waals surface area contributed by atoms with Crippen LogP contribution in [0, 0.1) is 33.6 Å². The van der Waals surface area contributed by atoms with Crippen molar-refractivity contribution in [3.63, 3.8) is 0 Å². The van der Waals surface area contributed by atoms with Gasteiger partial charge in [-0.1, -0.05) is 110 Å². The number of aryl methyl sites for hydroxylation is 4. The molecule has 0 heterocycles. The summed E-state index contributed by atoms with van der Waals surface area (Å²) in [4.78, 5) is 0. The SMILES string of the molecule is Cc1cccc(C)c1P(CC1CCCCC1P(c1ccccc1)c1ccccc1)c1c(C)cccc1C. The zero-order valence-electron chi connectivity index (χ0n) is 22.8. The predicted octanol–water partition coefficient (Wildman–Crippen LogP) is 8.04. The second-order valence-electron chi connectivity index (χ2n) is 10.7. The minimum absolute atomic E-state index is 0.397. The standard InChI is InChI=1S/C35H40P2/c1-26-15-13-16-27(2)34(26)36(35-28(3)17-14-18-29(35)4)25-30-19-11-12-24-33(30)37(31-20-7-5-8-21-31)32-22-9-6-10-23-32/h5-10,13-18,20-23,30,33H,11-12,19,24-25H2,1-4H3. The normalized spacial score (nSPS) is 17.9. The molecule has 0 nitrogen and oxygen atoms in total. The van der Waals surface area contributed by atoms with E-state index in [-0.39, 0.29) is 0 Å². The van der Waals surface area contributed by atoms with E-state index in [0.717, 1.165) is 11.6 Å². The van der Waals surface area contributed by atoms with Crippen molar-refractivity contribution in [3.8, 4) is 0 Å². The fourth-order valence-corrected chi connectivity index (χ4v) is 13.3. The summed E-state index contributed by atoms with van der Waals surface area (Å²) in [5.74, 6) is 0.740. The average molecular weight is 523 g/mol. The molecule has 0 amide bonds. The maximum absolute atomic E-state index is 2.39. The highest BCUT2D eigenvalue weighted by atomic mass is 31.1. The van der Waals surface area contributed by atoms with E-state index < -0.39 is 15.8 Å². The van der Waals surface area contributed by atoms with Crippen molar-refractivity contribution in [2.75, 3.05) is 6.16 Å². The van der Waals surface area contributed by atoms with Crippen molar-refractivity contribution in [1.29, 1.82) is 0 Å². The highest BCUT2D eigenvalue weighted by Crippen LogP contribution is 2.52. The Morgan fingerprint density at radius 3 is 1.43 bits per heavy atom. The maximum Gasteiger partial charge on any atom is -0.00969 e. The molecule has 0 aliphatic heterocycles. The predicted molar refractivity (Wildman–Crippen MR) is 168 cm³/mol. The number of hydrogen-bond donors (Lipinski definition) is 0. The molecule has 0 bridgehead atoms. The first-order chi connectivity index (χ1) is 18.0. The van der Waals surface area contributed by atoms with Gasteiger partial charge >= 0.3 is 0 Å². The van der Waals surface area contributed by atoms with E-state index in [9.17, 15) is 0 Å². The fourth-order valence-electron chi connectivity index (χ4n) is 6.44. The zero-order valence-corrected chi connectivity index (χ0v) is 24.6. The Kier molecular flexibility index (Phi) is 8.60. The third-order valence-electron chi connectivity index (χ3n) is 8.11. The van der Waals surface area contributed by atoms with Gasteiger partial charge in [0.15, 0.2) is 0 Å². The van der Waals surface area contributed by atoms with Crippen LogP contribution in [0.3, 0.4) is 0 Å². The van der Waals surface area contributed by atoms with Gasteiger partial charge in [-0.2, -0.15) is 0 Å². The minimum atomic E-state index is -0.436. The lowest BCUT2D eigenvalue weighted by Gasteiger charge is -2.40. The topological polar surface area (TPSA) is 0 Å². The lowest BCUT2D eigenvalue weighted by molar-refractivity contribution is 0.399. The first kappa shape index (κ1) is 26.4. The average Bonchev–Trinajstić information content (AvgIpc) is 2.91. The summed E-state index contributed by atoms with van der Waals surface area (Å²) in [5.41, 5.74) is 6.60. The van der Waals surface area contributed by atoms with Crippen LogP contribution in [0.2, 0.25) is 0 Å². The molecule has 1 aliphatic rings. The van der Waals surface area contributed by atoms with E-state index in [4.69, 9.17) is 0 Å². The molecule has 0 radical (unpaired) electrons. The van der Waals surface area contributed by atoms with Gasteiger partial charge in [-0.25, -0.2) is 0 Å². The molecular weight excluding hydrogens is 482 g/mol. The van der Waals surface area contributed by atoms with Gasteiger partial charge < -0.3 is 0 Å². The summed E-state index contributed by atoms with van der Waals surface area (Å²) in [7, 11) is -0.833. The van der Waals surface area contributed by atoms with Gasteiger partial charge in [-0.15, -0.1) is 0 Å². The fraction of sp³-hybridized carbons (Fsp3) is 0.314. The summed E-state index contributed by atoms with van der Waals surface area (Å²) in [6.07, 6.45) is 6.75. The lowest BCUT2D eigenvalue weighted by Crippen LogP contribution is -2.35. The third kappa shape index (κ3) is 5.77. The molecule has 2 atom stereocenters. The quantitative estimate of drug-likeness (QED) is 0.216. The molecule has 1 fully saturated rings. The van der Waals surface area contributed by atoms with Gasteiger partial charge in [0.1, 0.15) is 0 Å². The van der Waals surface area contributed by atoms with Crippen LogP contribution < -0.4 is 21.2 Å². The Balaban J connectivity index is 1.60. The summed E-state index contributed by atoms with van der Waals surface area (Å²) in [6.45, 7) is 9.35. The summed E-state index contributed by atoms with van der Waals surface area (Å²) < 4.78 is 0. The van der Waals surface area contributed by atoms with Crippen LogP contribution in [0.5, 0.6) is 0 Å². The molecule has 190 valence electrons. The summed E-state index contributed by atoms with van der Waals surface area (Å²) in [6, 6.07) is 36.7. The molecule has 0 aromatic heterocycles. The van der Waals surface area contributed by atoms with E-state index in [1.165, 1.54) is 54.1 Å².